The van der Waals surface area contributed by atoms with Gasteiger partial charge in [-0.05, 0) is 85.6 Å². The number of nitrogens with one attached hydrogen (secondary N) is 6. The number of para-hydroxylation sites is 2. The number of hydrogen-bond acceptors (Lipinski definition) is 4. The number of carbonyl (C=O) groups excluding carboxylic acids is 4. The van der Waals surface area contributed by atoms with Crippen molar-refractivity contribution in [2.45, 2.75) is 51.4 Å². The van der Waals surface area contributed by atoms with Crippen molar-refractivity contribution in [3.8, 4) is 0 Å². The van der Waals surface area contributed by atoms with Gasteiger partial charge in [-0.25, -0.2) is 9.59 Å². The predicted octanol–water partition coefficient (Wildman–Crippen LogP) is 8.67. The maximum Gasteiger partial charge on any atom is 0.323 e. The number of amides is 6. The lowest BCUT2D eigenvalue weighted by atomic mass is 10.1. The monoisotopic (exact) mass is 620 g/mol. The lowest BCUT2D eigenvalue weighted by Crippen LogP contribution is -2.19. The molecule has 0 unspecified atom stereocenters. The second kappa shape index (κ2) is 18.2. The third-order valence-electron chi connectivity index (χ3n) is 6.97. The highest BCUT2D eigenvalue weighted by Gasteiger charge is 2.07. The fourth-order valence-electron chi connectivity index (χ4n) is 4.63. The Bertz CT molecular complexity index is 1430. The topological polar surface area (TPSA) is 140 Å². The van der Waals surface area contributed by atoms with Crippen LogP contribution < -0.4 is 31.9 Å². The van der Waals surface area contributed by atoms with Crippen LogP contribution in [0.3, 0.4) is 0 Å². The summed E-state index contributed by atoms with van der Waals surface area (Å²) < 4.78 is 0. The molecule has 46 heavy (non-hydrogen) atoms. The Morgan fingerprint density at radius 3 is 0.913 bits per heavy atom. The van der Waals surface area contributed by atoms with Crippen LogP contribution in [-0.2, 0) is 9.59 Å². The molecule has 0 bridgehead atoms. The van der Waals surface area contributed by atoms with Crippen LogP contribution in [0.5, 0.6) is 0 Å². The van der Waals surface area contributed by atoms with Gasteiger partial charge in [-0.1, -0.05) is 62.1 Å². The summed E-state index contributed by atoms with van der Waals surface area (Å²) >= 11 is 0. The largest absolute Gasteiger partial charge is 0.326 e. The minimum Gasteiger partial charge on any atom is -0.326 e. The van der Waals surface area contributed by atoms with E-state index in [1.807, 2.05) is 36.4 Å². The van der Waals surface area contributed by atoms with E-state index in [1.165, 1.54) is 0 Å². The van der Waals surface area contributed by atoms with Crippen molar-refractivity contribution in [2.75, 3.05) is 31.9 Å². The van der Waals surface area contributed by atoms with Crippen LogP contribution in [0.2, 0.25) is 0 Å². The molecule has 0 aliphatic carbocycles. The van der Waals surface area contributed by atoms with Crippen LogP contribution in [0.1, 0.15) is 51.4 Å². The van der Waals surface area contributed by atoms with E-state index in [2.05, 4.69) is 31.9 Å². The van der Waals surface area contributed by atoms with Crippen molar-refractivity contribution >= 4 is 58.0 Å². The molecule has 10 nitrogen and oxygen atoms in total. The fraction of sp³-hybridized carbons (Fsp3) is 0.222. The Labute approximate surface area is 269 Å². The lowest BCUT2D eigenvalue weighted by Gasteiger charge is -2.09. The fourth-order valence-corrected chi connectivity index (χ4v) is 4.63. The standard InChI is InChI=1S/C36H40N6O4/c43-33(37-29-19-23-31(24-20-29)41-35(45)39-27-13-7-5-8-14-27)17-11-3-1-2-4-12-18-34(44)38-30-21-25-32(26-22-30)42-36(46)40-28-15-9-6-10-16-28/h5-10,13-16,19-26H,1-4,11-12,17-18H2,(H,37,43)(H,38,44)(H2,39,41,45)(H2,40,42,46). The molecule has 238 valence electrons. The zero-order valence-corrected chi connectivity index (χ0v) is 25.7. The highest BCUT2D eigenvalue weighted by Crippen LogP contribution is 2.17. The van der Waals surface area contributed by atoms with E-state index in [9.17, 15) is 19.2 Å². The smallest absolute Gasteiger partial charge is 0.323 e. The van der Waals surface area contributed by atoms with Gasteiger partial charge in [-0.2, -0.15) is 0 Å². The van der Waals surface area contributed by atoms with Gasteiger partial charge in [0.1, 0.15) is 0 Å². The Morgan fingerprint density at radius 1 is 0.326 bits per heavy atom. The highest BCUT2D eigenvalue weighted by molar-refractivity contribution is 6.01. The normalized spacial score (nSPS) is 10.3. The number of anilines is 6. The second-order valence-corrected chi connectivity index (χ2v) is 10.8. The minimum absolute atomic E-state index is 0.0431. The van der Waals surface area contributed by atoms with E-state index in [0.29, 0.717) is 47.0 Å². The lowest BCUT2D eigenvalue weighted by molar-refractivity contribution is -0.117. The molecule has 0 saturated carbocycles. The minimum atomic E-state index is -0.338. The first-order valence-corrected chi connectivity index (χ1v) is 15.5. The first-order valence-electron chi connectivity index (χ1n) is 15.5. The van der Waals surface area contributed by atoms with Gasteiger partial charge in [0.25, 0.3) is 0 Å². The van der Waals surface area contributed by atoms with Crippen LogP contribution in [0.15, 0.2) is 109 Å². The van der Waals surface area contributed by atoms with E-state index >= 15 is 0 Å². The molecular formula is C36H40N6O4. The summed E-state index contributed by atoms with van der Waals surface area (Å²) in [6, 6.07) is 31.7. The van der Waals surface area contributed by atoms with E-state index in [-0.39, 0.29) is 23.9 Å². The average molecular weight is 621 g/mol. The Hall–Kier alpha value is -5.64. The van der Waals surface area contributed by atoms with Crippen LogP contribution in [0, 0.1) is 0 Å². The Balaban J connectivity index is 1.00. The molecule has 0 heterocycles. The molecule has 0 radical (unpaired) electrons. The number of hydrogen-bond donors (Lipinski definition) is 6. The predicted molar refractivity (Wildman–Crippen MR) is 185 cm³/mol. The van der Waals surface area contributed by atoms with Crippen LogP contribution in [0.4, 0.5) is 43.7 Å². The van der Waals surface area contributed by atoms with Crippen molar-refractivity contribution in [1.82, 2.24) is 0 Å². The average Bonchev–Trinajstić information content (AvgIpc) is 3.05. The van der Waals surface area contributed by atoms with E-state index in [0.717, 1.165) is 38.5 Å². The van der Waals surface area contributed by atoms with Gasteiger partial charge in [0.15, 0.2) is 0 Å². The molecule has 6 amide bonds. The molecule has 0 aromatic heterocycles. The van der Waals surface area contributed by atoms with Crippen molar-refractivity contribution < 1.29 is 19.2 Å². The molecule has 0 aliphatic rings. The zero-order chi connectivity index (χ0) is 32.4. The molecule has 4 rings (SSSR count). The van der Waals surface area contributed by atoms with Crippen molar-refractivity contribution in [3.63, 3.8) is 0 Å². The van der Waals surface area contributed by atoms with E-state index < -0.39 is 0 Å². The third-order valence-corrected chi connectivity index (χ3v) is 6.97. The van der Waals surface area contributed by atoms with Crippen LogP contribution in [-0.4, -0.2) is 23.9 Å². The first kappa shape index (κ1) is 33.3. The quantitative estimate of drug-likeness (QED) is 0.0740. The van der Waals surface area contributed by atoms with Crippen molar-refractivity contribution in [2.24, 2.45) is 0 Å². The van der Waals surface area contributed by atoms with E-state index in [4.69, 9.17) is 0 Å². The highest BCUT2D eigenvalue weighted by atomic mass is 16.2. The maximum atomic E-state index is 12.3. The van der Waals surface area contributed by atoms with Gasteiger partial charge in [0.2, 0.25) is 11.8 Å². The molecule has 0 saturated heterocycles. The number of rotatable bonds is 15. The first-order chi connectivity index (χ1) is 22.4. The number of urea groups is 2. The van der Waals surface area contributed by atoms with E-state index in [1.54, 1.807) is 72.8 Å². The molecule has 0 fully saturated rings. The van der Waals surface area contributed by atoms with Crippen LogP contribution >= 0.6 is 0 Å². The number of benzene rings is 4. The molecule has 6 N–H and O–H groups in total. The summed E-state index contributed by atoms with van der Waals surface area (Å²) in [4.78, 5) is 48.9. The molecule has 0 atom stereocenters. The summed E-state index contributed by atoms with van der Waals surface area (Å²) in [5, 5.41) is 16.8. The summed E-state index contributed by atoms with van der Waals surface area (Å²) in [5.74, 6) is -0.0862. The van der Waals surface area contributed by atoms with Crippen molar-refractivity contribution in [3.05, 3.63) is 109 Å². The molecule has 4 aromatic carbocycles. The zero-order valence-electron chi connectivity index (χ0n) is 25.7. The summed E-state index contributed by atoms with van der Waals surface area (Å²) in [5.41, 5.74) is 4.00. The van der Waals surface area contributed by atoms with Gasteiger partial charge in [-0.15, -0.1) is 0 Å². The Kier molecular flexibility index (Phi) is 13.2. The number of unbranched alkanes of at least 4 members (excludes halogenated alkanes) is 5. The molecule has 0 aliphatic heterocycles. The van der Waals surface area contributed by atoms with Gasteiger partial charge in [-0.3, -0.25) is 9.59 Å². The molecular weight excluding hydrogens is 580 g/mol. The maximum absolute atomic E-state index is 12.3. The summed E-state index contributed by atoms with van der Waals surface area (Å²) in [7, 11) is 0. The second-order valence-electron chi connectivity index (χ2n) is 10.8. The summed E-state index contributed by atoms with van der Waals surface area (Å²) in [6.07, 6.45) is 6.38. The third kappa shape index (κ3) is 12.5. The van der Waals surface area contributed by atoms with Crippen molar-refractivity contribution in [1.29, 1.82) is 0 Å². The van der Waals surface area contributed by atoms with Gasteiger partial charge in [0.05, 0.1) is 0 Å². The SMILES string of the molecule is O=C(CCCCCCCCC(=O)Nc1ccc(NC(=O)Nc2ccccc2)cc1)Nc1ccc(NC(=O)Nc2ccccc2)cc1. The molecule has 4 aromatic rings. The Morgan fingerprint density at radius 2 is 0.587 bits per heavy atom. The molecule has 0 spiro atoms. The van der Waals surface area contributed by atoms with Gasteiger partial charge >= 0.3 is 12.1 Å². The van der Waals surface area contributed by atoms with Crippen LogP contribution in [0.25, 0.3) is 0 Å². The molecule has 10 heteroatoms. The van der Waals surface area contributed by atoms with Gasteiger partial charge < -0.3 is 31.9 Å². The summed E-state index contributed by atoms with van der Waals surface area (Å²) in [6.45, 7) is 0. The number of carbonyl (C=O) groups is 4. The van der Waals surface area contributed by atoms with Gasteiger partial charge in [0, 0.05) is 47.0 Å².